The molecular formula is C12H23NO2. The average Bonchev–Trinajstić information content (AvgIpc) is 2.61. The smallest absolute Gasteiger partial charge is 0.309 e. The highest BCUT2D eigenvalue weighted by molar-refractivity contribution is 5.72. The zero-order valence-electron chi connectivity index (χ0n) is 10.1. The molecule has 1 N–H and O–H groups in total. The molecule has 3 nitrogen and oxygen atoms in total. The molecule has 0 amide bonds. The van der Waals surface area contributed by atoms with E-state index in [1.165, 1.54) is 19.3 Å². The Hall–Kier alpha value is -0.570. The van der Waals surface area contributed by atoms with Crippen molar-refractivity contribution in [3.05, 3.63) is 0 Å². The van der Waals surface area contributed by atoms with Crippen LogP contribution in [-0.4, -0.2) is 25.2 Å². The summed E-state index contributed by atoms with van der Waals surface area (Å²) in [5.74, 6) is 0.720. The SMILES string of the molecule is CCOC(=O)C(C)CNC1CCC(C)C1. The van der Waals surface area contributed by atoms with Crippen LogP contribution in [0, 0.1) is 11.8 Å². The molecule has 0 aromatic carbocycles. The van der Waals surface area contributed by atoms with Crippen molar-refractivity contribution in [3.63, 3.8) is 0 Å². The Morgan fingerprint density at radius 3 is 2.80 bits per heavy atom. The first-order valence-corrected chi connectivity index (χ1v) is 6.03. The molecule has 1 aliphatic carbocycles. The minimum Gasteiger partial charge on any atom is -0.466 e. The predicted octanol–water partition coefficient (Wildman–Crippen LogP) is 1.96. The minimum absolute atomic E-state index is 0.0270. The third-order valence-corrected chi connectivity index (χ3v) is 3.10. The van der Waals surface area contributed by atoms with Gasteiger partial charge in [-0.05, 0) is 32.1 Å². The first kappa shape index (κ1) is 12.5. The third-order valence-electron chi connectivity index (χ3n) is 3.10. The number of esters is 1. The molecule has 0 saturated heterocycles. The summed E-state index contributed by atoms with van der Waals surface area (Å²) < 4.78 is 4.96. The van der Waals surface area contributed by atoms with Crippen molar-refractivity contribution >= 4 is 5.97 Å². The minimum atomic E-state index is -0.0870. The van der Waals surface area contributed by atoms with E-state index in [0.29, 0.717) is 12.6 Å². The summed E-state index contributed by atoms with van der Waals surface area (Å²) in [7, 11) is 0. The van der Waals surface area contributed by atoms with E-state index in [2.05, 4.69) is 12.2 Å². The Kier molecular flexibility index (Phi) is 5.09. The fourth-order valence-electron chi connectivity index (χ4n) is 2.10. The van der Waals surface area contributed by atoms with Crippen molar-refractivity contribution in [3.8, 4) is 0 Å². The number of nitrogens with one attached hydrogen (secondary N) is 1. The van der Waals surface area contributed by atoms with Crippen molar-refractivity contribution < 1.29 is 9.53 Å². The number of hydrogen-bond acceptors (Lipinski definition) is 3. The monoisotopic (exact) mass is 213 g/mol. The molecule has 1 saturated carbocycles. The van der Waals surface area contributed by atoms with Gasteiger partial charge < -0.3 is 10.1 Å². The van der Waals surface area contributed by atoms with E-state index in [4.69, 9.17) is 4.74 Å². The molecule has 0 radical (unpaired) electrons. The summed E-state index contributed by atoms with van der Waals surface area (Å²) >= 11 is 0. The highest BCUT2D eigenvalue weighted by Crippen LogP contribution is 2.24. The first-order valence-electron chi connectivity index (χ1n) is 6.03. The highest BCUT2D eigenvalue weighted by Gasteiger charge is 2.22. The average molecular weight is 213 g/mol. The molecule has 0 bridgehead atoms. The molecule has 15 heavy (non-hydrogen) atoms. The quantitative estimate of drug-likeness (QED) is 0.709. The van der Waals surface area contributed by atoms with Crippen LogP contribution in [0.2, 0.25) is 0 Å². The van der Waals surface area contributed by atoms with Crippen LogP contribution in [0.5, 0.6) is 0 Å². The predicted molar refractivity (Wildman–Crippen MR) is 60.6 cm³/mol. The van der Waals surface area contributed by atoms with Crippen molar-refractivity contribution in [2.24, 2.45) is 11.8 Å². The Morgan fingerprint density at radius 2 is 2.27 bits per heavy atom. The summed E-state index contributed by atoms with van der Waals surface area (Å²) in [4.78, 5) is 11.3. The van der Waals surface area contributed by atoms with Gasteiger partial charge in [0.2, 0.25) is 0 Å². The molecule has 0 aromatic rings. The zero-order valence-corrected chi connectivity index (χ0v) is 10.1. The maximum absolute atomic E-state index is 11.3. The largest absolute Gasteiger partial charge is 0.466 e. The summed E-state index contributed by atoms with van der Waals surface area (Å²) in [5.41, 5.74) is 0. The lowest BCUT2D eigenvalue weighted by molar-refractivity contribution is -0.147. The summed E-state index contributed by atoms with van der Waals surface area (Å²) in [5, 5.41) is 3.45. The van der Waals surface area contributed by atoms with E-state index in [1.54, 1.807) is 0 Å². The van der Waals surface area contributed by atoms with Gasteiger partial charge in [-0.3, -0.25) is 4.79 Å². The molecule has 0 aromatic heterocycles. The fourth-order valence-corrected chi connectivity index (χ4v) is 2.10. The number of ether oxygens (including phenoxy) is 1. The number of rotatable bonds is 5. The van der Waals surface area contributed by atoms with E-state index in [-0.39, 0.29) is 11.9 Å². The maximum Gasteiger partial charge on any atom is 0.309 e. The number of carbonyl (C=O) groups excluding carboxylic acids is 1. The van der Waals surface area contributed by atoms with Gasteiger partial charge in [-0.2, -0.15) is 0 Å². The lowest BCUT2D eigenvalue weighted by atomic mass is 10.1. The normalized spacial score (nSPS) is 27.7. The van der Waals surface area contributed by atoms with Gasteiger partial charge in [0.15, 0.2) is 0 Å². The van der Waals surface area contributed by atoms with Crippen LogP contribution in [0.1, 0.15) is 40.0 Å². The Labute approximate surface area is 92.6 Å². The molecule has 1 fully saturated rings. The van der Waals surface area contributed by atoms with E-state index >= 15 is 0 Å². The van der Waals surface area contributed by atoms with E-state index in [9.17, 15) is 4.79 Å². The second kappa shape index (κ2) is 6.11. The van der Waals surface area contributed by atoms with Crippen molar-refractivity contribution in [1.82, 2.24) is 5.32 Å². The van der Waals surface area contributed by atoms with Crippen LogP contribution < -0.4 is 5.32 Å². The van der Waals surface area contributed by atoms with E-state index in [1.807, 2.05) is 13.8 Å². The van der Waals surface area contributed by atoms with Gasteiger partial charge in [0, 0.05) is 12.6 Å². The topological polar surface area (TPSA) is 38.3 Å². The molecular weight excluding hydrogens is 190 g/mol. The molecule has 0 aliphatic heterocycles. The fraction of sp³-hybridized carbons (Fsp3) is 0.917. The molecule has 88 valence electrons. The standard InChI is InChI=1S/C12H23NO2/c1-4-15-12(14)10(3)8-13-11-6-5-9(2)7-11/h9-11,13H,4-8H2,1-3H3. The van der Waals surface area contributed by atoms with Crippen LogP contribution in [-0.2, 0) is 9.53 Å². The Bertz CT molecular complexity index is 206. The van der Waals surface area contributed by atoms with Crippen molar-refractivity contribution in [1.29, 1.82) is 0 Å². The summed E-state index contributed by atoms with van der Waals surface area (Å²) in [6.07, 6.45) is 3.80. The van der Waals surface area contributed by atoms with Crippen molar-refractivity contribution in [2.75, 3.05) is 13.2 Å². The molecule has 3 unspecified atom stereocenters. The molecule has 0 heterocycles. The van der Waals surface area contributed by atoms with Gasteiger partial charge in [-0.15, -0.1) is 0 Å². The lowest BCUT2D eigenvalue weighted by Gasteiger charge is -2.16. The van der Waals surface area contributed by atoms with Gasteiger partial charge in [0.1, 0.15) is 0 Å². The second-order valence-electron chi connectivity index (χ2n) is 4.68. The van der Waals surface area contributed by atoms with Crippen LogP contribution in [0.15, 0.2) is 0 Å². The molecule has 1 rings (SSSR count). The number of hydrogen-bond donors (Lipinski definition) is 1. The molecule has 3 heteroatoms. The van der Waals surface area contributed by atoms with Gasteiger partial charge in [-0.1, -0.05) is 13.8 Å². The van der Waals surface area contributed by atoms with Crippen molar-refractivity contribution in [2.45, 2.75) is 46.1 Å². The Morgan fingerprint density at radius 1 is 1.53 bits per heavy atom. The highest BCUT2D eigenvalue weighted by atomic mass is 16.5. The van der Waals surface area contributed by atoms with E-state index in [0.717, 1.165) is 12.5 Å². The van der Waals surface area contributed by atoms with Gasteiger partial charge in [0.25, 0.3) is 0 Å². The van der Waals surface area contributed by atoms with Gasteiger partial charge in [-0.25, -0.2) is 0 Å². The van der Waals surface area contributed by atoms with Gasteiger partial charge in [0.05, 0.1) is 12.5 Å². The summed E-state index contributed by atoms with van der Waals surface area (Å²) in [6.45, 7) is 7.27. The van der Waals surface area contributed by atoms with E-state index < -0.39 is 0 Å². The van der Waals surface area contributed by atoms with Crippen LogP contribution in [0.25, 0.3) is 0 Å². The zero-order chi connectivity index (χ0) is 11.3. The molecule has 0 spiro atoms. The van der Waals surface area contributed by atoms with Crippen LogP contribution in [0.4, 0.5) is 0 Å². The second-order valence-corrected chi connectivity index (χ2v) is 4.68. The maximum atomic E-state index is 11.3. The Balaban J connectivity index is 2.16. The first-order chi connectivity index (χ1) is 7.13. The summed E-state index contributed by atoms with van der Waals surface area (Å²) in [6, 6.07) is 0.608. The third kappa shape index (κ3) is 4.20. The molecule has 3 atom stereocenters. The number of carbonyl (C=O) groups is 1. The lowest BCUT2D eigenvalue weighted by Crippen LogP contribution is -2.34. The molecule has 1 aliphatic rings. The van der Waals surface area contributed by atoms with Crippen LogP contribution >= 0.6 is 0 Å². The van der Waals surface area contributed by atoms with Crippen LogP contribution in [0.3, 0.4) is 0 Å². The van der Waals surface area contributed by atoms with Gasteiger partial charge >= 0.3 is 5.97 Å².